The van der Waals surface area contributed by atoms with Gasteiger partial charge in [0.25, 0.3) is 17.5 Å². The van der Waals surface area contributed by atoms with Crippen molar-refractivity contribution < 1.29 is 24.0 Å². The number of hydrogen-bond donors (Lipinski definition) is 1. The second kappa shape index (κ2) is 10.1. The van der Waals surface area contributed by atoms with Crippen molar-refractivity contribution in [2.45, 2.75) is 20.8 Å². The van der Waals surface area contributed by atoms with Crippen molar-refractivity contribution >= 4 is 29.2 Å². The Morgan fingerprint density at radius 1 is 1.10 bits per heavy atom. The van der Waals surface area contributed by atoms with Crippen LogP contribution in [0.4, 0.5) is 11.4 Å². The predicted octanol–water partition coefficient (Wildman–Crippen LogP) is 3.18. The van der Waals surface area contributed by atoms with E-state index >= 15 is 0 Å². The SMILES string of the molecule is CCN(CC)C(=O)c1cccc(NC(=O)COC(=O)c2cccc(C)c2[N+](=O)[O-])c1. The first kappa shape index (κ1) is 22.5. The van der Waals surface area contributed by atoms with E-state index in [1.807, 2.05) is 13.8 Å². The van der Waals surface area contributed by atoms with E-state index in [0.717, 1.165) is 0 Å². The maximum atomic E-state index is 12.4. The van der Waals surface area contributed by atoms with Crippen LogP contribution in [-0.4, -0.2) is 47.3 Å². The zero-order valence-electron chi connectivity index (χ0n) is 17.0. The number of nitrogens with one attached hydrogen (secondary N) is 1. The van der Waals surface area contributed by atoms with Crippen LogP contribution in [-0.2, 0) is 9.53 Å². The van der Waals surface area contributed by atoms with Crippen LogP contribution in [0.15, 0.2) is 42.5 Å². The summed E-state index contributed by atoms with van der Waals surface area (Å²) in [6.45, 7) is 5.76. The lowest BCUT2D eigenvalue weighted by atomic mass is 10.1. The van der Waals surface area contributed by atoms with E-state index < -0.39 is 23.4 Å². The number of rotatable bonds is 8. The van der Waals surface area contributed by atoms with E-state index in [-0.39, 0.29) is 17.2 Å². The smallest absolute Gasteiger partial charge is 0.345 e. The van der Waals surface area contributed by atoms with Crippen LogP contribution in [0, 0.1) is 17.0 Å². The Morgan fingerprint density at radius 3 is 2.40 bits per heavy atom. The Kier molecular flexibility index (Phi) is 7.62. The average molecular weight is 413 g/mol. The molecule has 0 aliphatic carbocycles. The Balaban J connectivity index is 2.03. The van der Waals surface area contributed by atoms with Gasteiger partial charge in [-0.25, -0.2) is 4.79 Å². The minimum absolute atomic E-state index is 0.158. The molecule has 0 bridgehead atoms. The summed E-state index contributed by atoms with van der Waals surface area (Å²) in [6, 6.07) is 10.7. The minimum atomic E-state index is -0.967. The third-order valence-corrected chi connectivity index (χ3v) is 4.42. The van der Waals surface area contributed by atoms with Gasteiger partial charge in [-0.3, -0.25) is 19.7 Å². The molecule has 0 atom stereocenters. The Bertz CT molecular complexity index is 969. The molecule has 0 aromatic heterocycles. The van der Waals surface area contributed by atoms with Crippen LogP contribution >= 0.6 is 0 Å². The van der Waals surface area contributed by atoms with Gasteiger partial charge in [-0.15, -0.1) is 0 Å². The van der Waals surface area contributed by atoms with Crippen LogP contribution in [0.1, 0.15) is 40.1 Å². The highest BCUT2D eigenvalue weighted by molar-refractivity contribution is 5.99. The lowest BCUT2D eigenvalue weighted by Gasteiger charge is -2.19. The Morgan fingerprint density at radius 2 is 1.77 bits per heavy atom. The van der Waals surface area contributed by atoms with Crippen LogP contribution in [0.3, 0.4) is 0 Å². The molecule has 30 heavy (non-hydrogen) atoms. The van der Waals surface area contributed by atoms with Gasteiger partial charge in [0.05, 0.1) is 4.92 Å². The molecule has 9 nitrogen and oxygen atoms in total. The van der Waals surface area contributed by atoms with E-state index in [0.29, 0.717) is 29.9 Å². The number of carbonyl (C=O) groups excluding carboxylic acids is 3. The third kappa shape index (κ3) is 5.40. The van der Waals surface area contributed by atoms with E-state index in [1.165, 1.54) is 31.2 Å². The van der Waals surface area contributed by atoms with Gasteiger partial charge in [0.2, 0.25) is 0 Å². The normalized spacial score (nSPS) is 10.2. The van der Waals surface area contributed by atoms with Crippen molar-refractivity contribution in [3.8, 4) is 0 Å². The third-order valence-electron chi connectivity index (χ3n) is 4.42. The molecule has 2 aromatic carbocycles. The van der Waals surface area contributed by atoms with Crippen molar-refractivity contribution in [3.63, 3.8) is 0 Å². The second-order valence-corrected chi connectivity index (χ2v) is 6.41. The molecule has 2 aromatic rings. The topological polar surface area (TPSA) is 119 Å². The van der Waals surface area contributed by atoms with Crippen LogP contribution in [0.25, 0.3) is 0 Å². The summed E-state index contributed by atoms with van der Waals surface area (Å²) >= 11 is 0. The standard InChI is InChI=1S/C21H23N3O6/c1-4-23(5-2)20(26)15-9-7-10-16(12-15)22-18(25)13-30-21(27)17-11-6-8-14(3)19(17)24(28)29/h6-12H,4-5,13H2,1-3H3,(H,22,25). The molecular weight excluding hydrogens is 390 g/mol. The van der Waals surface area contributed by atoms with Gasteiger partial charge in [-0.05, 0) is 45.0 Å². The zero-order chi connectivity index (χ0) is 22.3. The van der Waals surface area contributed by atoms with Crippen LogP contribution in [0.2, 0.25) is 0 Å². The molecule has 0 unspecified atom stereocenters. The number of anilines is 1. The van der Waals surface area contributed by atoms with Crippen LogP contribution in [0.5, 0.6) is 0 Å². The maximum absolute atomic E-state index is 12.4. The van der Waals surface area contributed by atoms with Crippen molar-refractivity contribution in [2.24, 2.45) is 0 Å². The number of nitrogens with zero attached hydrogens (tertiary/aromatic N) is 2. The van der Waals surface area contributed by atoms with E-state index in [1.54, 1.807) is 23.1 Å². The average Bonchev–Trinajstić information content (AvgIpc) is 2.72. The summed E-state index contributed by atoms with van der Waals surface area (Å²) in [7, 11) is 0. The van der Waals surface area contributed by atoms with Gasteiger partial charge in [0.1, 0.15) is 5.56 Å². The van der Waals surface area contributed by atoms with Crippen LogP contribution < -0.4 is 5.32 Å². The number of hydrogen-bond acceptors (Lipinski definition) is 6. The number of para-hydroxylation sites is 1. The van der Waals surface area contributed by atoms with E-state index in [9.17, 15) is 24.5 Å². The fraction of sp³-hybridized carbons (Fsp3) is 0.286. The monoisotopic (exact) mass is 413 g/mol. The number of amides is 2. The number of esters is 1. The molecule has 9 heteroatoms. The highest BCUT2D eigenvalue weighted by atomic mass is 16.6. The van der Waals surface area contributed by atoms with Crippen molar-refractivity contribution in [1.29, 1.82) is 0 Å². The van der Waals surface area contributed by atoms with Gasteiger partial charge in [-0.2, -0.15) is 0 Å². The molecule has 0 saturated heterocycles. The van der Waals surface area contributed by atoms with Gasteiger partial charge in [0, 0.05) is 29.9 Å². The van der Waals surface area contributed by atoms with Gasteiger partial charge < -0.3 is 15.0 Å². The summed E-state index contributed by atoms with van der Waals surface area (Å²) in [5.74, 6) is -1.76. The summed E-state index contributed by atoms with van der Waals surface area (Å²) in [5, 5.41) is 13.7. The molecule has 2 amide bonds. The highest BCUT2D eigenvalue weighted by Crippen LogP contribution is 2.23. The molecule has 0 fully saturated rings. The minimum Gasteiger partial charge on any atom is -0.452 e. The Labute approximate surface area is 173 Å². The second-order valence-electron chi connectivity index (χ2n) is 6.41. The lowest BCUT2D eigenvalue weighted by molar-refractivity contribution is -0.385. The number of aryl methyl sites for hydroxylation is 1. The van der Waals surface area contributed by atoms with Crippen molar-refractivity contribution in [2.75, 3.05) is 25.0 Å². The molecule has 0 radical (unpaired) electrons. The largest absolute Gasteiger partial charge is 0.452 e. The van der Waals surface area contributed by atoms with E-state index in [4.69, 9.17) is 4.74 Å². The molecule has 158 valence electrons. The summed E-state index contributed by atoms with van der Waals surface area (Å²) in [5.41, 5.74) is 0.526. The molecule has 1 N–H and O–H groups in total. The van der Waals surface area contributed by atoms with Crippen molar-refractivity contribution in [3.05, 3.63) is 69.3 Å². The summed E-state index contributed by atoms with van der Waals surface area (Å²) in [4.78, 5) is 49.0. The predicted molar refractivity (Wildman–Crippen MR) is 110 cm³/mol. The quantitative estimate of drug-likeness (QED) is 0.403. The molecule has 0 heterocycles. The molecule has 2 rings (SSSR count). The molecule has 0 spiro atoms. The first-order valence-corrected chi connectivity index (χ1v) is 9.38. The van der Waals surface area contributed by atoms with E-state index in [2.05, 4.69) is 5.32 Å². The first-order chi connectivity index (χ1) is 14.3. The Hall–Kier alpha value is -3.75. The van der Waals surface area contributed by atoms with Gasteiger partial charge in [-0.1, -0.05) is 18.2 Å². The number of nitro benzene ring substituents is 1. The maximum Gasteiger partial charge on any atom is 0.345 e. The number of nitro groups is 1. The molecule has 0 saturated carbocycles. The summed E-state index contributed by atoms with van der Waals surface area (Å²) in [6.07, 6.45) is 0. The number of ether oxygens (including phenoxy) is 1. The van der Waals surface area contributed by atoms with Gasteiger partial charge >= 0.3 is 5.97 Å². The first-order valence-electron chi connectivity index (χ1n) is 9.38. The number of carbonyl (C=O) groups is 3. The molecular formula is C21H23N3O6. The van der Waals surface area contributed by atoms with Crippen molar-refractivity contribution in [1.82, 2.24) is 4.90 Å². The van der Waals surface area contributed by atoms with Gasteiger partial charge in [0.15, 0.2) is 6.61 Å². The molecule has 0 aliphatic rings. The summed E-state index contributed by atoms with van der Waals surface area (Å²) < 4.78 is 4.93. The molecule has 0 aliphatic heterocycles. The fourth-order valence-corrected chi connectivity index (χ4v) is 2.90. The zero-order valence-corrected chi connectivity index (χ0v) is 17.0. The number of benzene rings is 2. The lowest BCUT2D eigenvalue weighted by Crippen LogP contribution is -2.30. The highest BCUT2D eigenvalue weighted by Gasteiger charge is 2.24. The fourth-order valence-electron chi connectivity index (χ4n) is 2.90.